The number of primary amides is 1. The average Bonchev–Trinajstić information content (AvgIpc) is 2.73. The van der Waals surface area contributed by atoms with Crippen LogP contribution in [0.2, 0.25) is 0 Å². The van der Waals surface area contributed by atoms with Gasteiger partial charge in [0.1, 0.15) is 18.1 Å². The molecule has 14 heteroatoms. The molecule has 0 bridgehead atoms. The highest BCUT2D eigenvalue weighted by Crippen LogP contribution is 2.04. The summed E-state index contributed by atoms with van der Waals surface area (Å²) in [6.45, 7) is 1.68. The van der Waals surface area contributed by atoms with Crippen LogP contribution in [0.5, 0.6) is 0 Å². The molecule has 0 heterocycles. The zero-order valence-electron chi connectivity index (χ0n) is 18.5. The van der Waals surface area contributed by atoms with Gasteiger partial charge >= 0.3 is 11.9 Å². The summed E-state index contributed by atoms with van der Waals surface area (Å²) < 4.78 is 0. The van der Waals surface area contributed by atoms with Crippen molar-refractivity contribution >= 4 is 35.6 Å². The van der Waals surface area contributed by atoms with Crippen molar-refractivity contribution in [2.75, 3.05) is 6.54 Å². The number of carbonyl (C=O) groups is 6. The molecule has 14 nitrogen and oxygen atoms in total. The summed E-state index contributed by atoms with van der Waals surface area (Å²) in [6.07, 6.45) is 0.313. The molecule has 0 aliphatic rings. The molecule has 4 amide bonds. The first-order valence-electron chi connectivity index (χ1n) is 10.5. The highest BCUT2D eigenvalue weighted by atomic mass is 16.4. The van der Waals surface area contributed by atoms with Gasteiger partial charge in [-0.2, -0.15) is 0 Å². The predicted molar refractivity (Wildman–Crippen MR) is 115 cm³/mol. The van der Waals surface area contributed by atoms with Crippen molar-refractivity contribution in [3.05, 3.63) is 0 Å². The van der Waals surface area contributed by atoms with Crippen LogP contribution in [-0.2, 0) is 28.8 Å². The minimum Gasteiger partial charge on any atom is -0.481 e. The molecule has 0 aromatic carbocycles. The lowest BCUT2D eigenvalue weighted by Gasteiger charge is -2.23. The Bertz CT molecular complexity index is 716. The molecule has 188 valence electrons. The Morgan fingerprint density at radius 2 is 1.39 bits per heavy atom. The van der Waals surface area contributed by atoms with Gasteiger partial charge < -0.3 is 43.4 Å². The Labute approximate surface area is 191 Å². The summed E-state index contributed by atoms with van der Waals surface area (Å²) in [5.74, 6) is -5.47. The third kappa shape index (κ3) is 13.0. The van der Waals surface area contributed by atoms with Crippen LogP contribution in [0.25, 0.3) is 0 Å². The number of unbranched alkanes of at least 4 members (excludes halogenated alkanes) is 1. The van der Waals surface area contributed by atoms with Gasteiger partial charge in [0.15, 0.2) is 0 Å². The van der Waals surface area contributed by atoms with Crippen LogP contribution < -0.4 is 33.2 Å². The first-order valence-corrected chi connectivity index (χ1v) is 10.5. The van der Waals surface area contributed by atoms with Gasteiger partial charge in [0, 0.05) is 12.8 Å². The van der Waals surface area contributed by atoms with E-state index in [0.717, 1.165) is 0 Å². The number of carboxylic acids is 2. The van der Waals surface area contributed by atoms with E-state index in [-0.39, 0.29) is 32.1 Å². The number of amides is 4. The van der Waals surface area contributed by atoms with E-state index in [1.807, 2.05) is 0 Å². The molecule has 0 radical (unpaired) electrons. The summed E-state index contributed by atoms with van der Waals surface area (Å²) in [7, 11) is 0. The monoisotopic (exact) mass is 474 g/mol. The zero-order chi connectivity index (χ0) is 25.6. The van der Waals surface area contributed by atoms with Crippen molar-refractivity contribution in [1.29, 1.82) is 0 Å². The highest BCUT2D eigenvalue weighted by Gasteiger charge is 2.28. The molecule has 11 N–H and O–H groups in total. The third-order valence-corrected chi connectivity index (χ3v) is 4.63. The van der Waals surface area contributed by atoms with Gasteiger partial charge in [-0.3, -0.25) is 24.0 Å². The number of hydrogen-bond donors (Lipinski definition) is 8. The quantitative estimate of drug-likeness (QED) is 0.0999. The van der Waals surface area contributed by atoms with E-state index in [2.05, 4.69) is 16.0 Å². The van der Waals surface area contributed by atoms with Crippen molar-refractivity contribution in [3.8, 4) is 0 Å². The molecular weight excluding hydrogens is 440 g/mol. The first-order chi connectivity index (χ1) is 15.4. The maximum atomic E-state index is 12.7. The summed E-state index contributed by atoms with van der Waals surface area (Å²) in [5.41, 5.74) is 16.1. The van der Waals surface area contributed by atoms with Crippen LogP contribution in [0.15, 0.2) is 0 Å². The molecule has 0 fully saturated rings. The molecule has 0 spiro atoms. The molecule has 4 unspecified atom stereocenters. The summed E-state index contributed by atoms with van der Waals surface area (Å²) in [4.78, 5) is 70.0. The molecule has 0 saturated carbocycles. The van der Waals surface area contributed by atoms with E-state index in [9.17, 15) is 33.9 Å². The van der Waals surface area contributed by atoms with Crippen LogP contribution in [0, 0.1) is 0 Å². The van der Waals surface area contributed by atoms with E-state index in [1.54, 1.807) is 0 Å². The molecule has 0 aromatic heterocycles. The maximum absolute atomic E-state index is 12.7. The summed E-state index contributed by atoms with van der Waals surface area (Å²) in [6, 6.07) is -4.76. The van der Waals surface area contributed by atoms with Gasteiger partial charge in [-0.05, 0) is 45.6 Å². The van der Waals surface area contributed by atoms with Gasteiger partial charge in [-0.1, -0.05) is 0 Å². The number of hydrogen-bond acceptors (Lipinski definition) is 8. The number of nitrogens with two attached hydrogens (primary N) is 3. The Hall–Kier alpha value is -3.26. The standard InChI is InChI=1S/C19H34N6O8/c1-10(16(29)25-13(19(32)33)6-7-14(22)26)23-18(31)12(4-2-3-9-20)24-17(30)11(21)5-8-15(27)28/h10-13H,2-9,20-21H2,1H3,(H2,22,26)(H,23,31)(H,24,30)(H,25,29)(H,27,28)(H,32,33). The van der Waals surface area contributed by atoms with Crippen molar-refractivity contribution < 1.29 is 39.0 Å². The topological polar surface area (TPSA) is 257 Å². The molecule has 0 aliphatic carbocycles. The van der Waals surface area contributed by atoms with Crippen molar-refractivity contribution in [1.82, 2.24) is 16.0 Å². The molecule has 0 saturated heterocycles. The fourth-order valence-electron chi connectivity index (χ4n) is 2.67. The second-order valence-corrected chi connectivity index (χ2v) is 7.52. The average molecular weight is 475 g/mol. The molecular formula is C19H34N6O8. The number of carbonyl (C=O) groups excluding carboxylic acids is 4. The lowest BCUT2D eigenvalue weighted by molar-refractivity contribution is -0.142. The SMILES string of the molecule is CC(NC(=O)C(CCCCN)NC(=O)C(N)CCC(=O)O)C(=O)NC(CCC(N)=O)C(=O)O. The lowest BCUT2D eigenvalue weighted by atomic mass is 10.1. The van der Waals surface area contributed by atoms with Crippen LogP contribution >= 0.6 is 0 Å². The van der Waals surface area contributed by atoms with Crippen LogP contribution in [0.3, 0.4) is 0 Å². The number of nitrogens with one attached hydrogen (secondary N) is 3. The van der Waals surface area contributed by atoms with Crippen molar-refractivity contribution in [3.63, 3.8) is 0 Å². The van der Waals surface area contributed by atoms with Crippen molar-refractivity contribution in [2.45, 2.75) is 76.0 Å². The van der Waals surface area contributed by atoms with Gasteiger partial charge in [0.2, 0.25) is 23.6 Å². The van der Waals surface area contributed by atoms with E-state index >= 15 is 0 Å². The van der Waals surface area contributed by atoms with Crippen LogP contribution in [-0.4, -0.2) is 76.5 Å². The lowest BCUT2D eigenvalue weighted by Crippen LogP contribution is -2.56. The normalized spacial score (nSPS) is 14.3. The van der Waals surface area contributed by atoms with E-state index in [1.165, 1.54) is 6.92 Å². The van der Waals surface area contributed by atoms with Crippen LogP contribution in [0.4, 0.5) is 0 Å². The van der Waals surface area contributed by atoms with E-state index in [0.29, 0.717) is 19.4 Å². The van der Waals surface area contributed by atoms with Gasteiger partial charge in [-0.15, -0.1) is 0 Å². The van der Waals surface area contributed by atoms with Gasteiger partial charge in [0.25, 0.3) is 0 Å². The largest absolute Gasteiger partial charge is 0.481 e. The molecule has 33 heavy (non-hydrogen) atoms. The molecule has 0 aromatic rings. The first kappa shape index (κ1) is 29.7. The van der Waals surface area contributed by atoms with Crippen molar-refractivity contribution in [2.24, 2.45) is 17.2 Å². The van der Waals surface area contributed by atoms with E-state index in [4.69, 9.17) is 22.3 Å². The minimum atomic E-state index is -1.38. The minimum absolute atomic E-state index is 0.126. The maximum Gasteiger partial charge on any atom is 0.326 e. The Morgan fingerprint density at radius 3 is 1.91 bits per heavy atom. The number of aliphatic carboxylic acids is 2. The van der Waals surface area contributed by atoms with Crippen LogP contribution in [0.1, 0.15) is 51.9 Å². The second-order valence-electron chi connectivity index (χ2n) is 7.52. The Kier molecular flexibility index (Phi) is 14.0. The molecule has 0 aliphatic heterocycles. The highest BCUT2D eigenvalue weighted by molar-refractivity contribution is 5.94. The summed E-state index contributed by atoms with van der Waals surface area (Å²) >= 11 is 0. The Balaban J connectivity index is 5.07. The second kappa shape index (κ2) is 15.5. The summed E-state index contributed by atoms with van der Waals surface area (Å²) in [5, 5.41) is 24.9. The van der Waals surface area contributed by atoms with Gasteiger partial charge in [0.05, 0.1) is 6.04 Å². The van der Waals surface area contributed by atoms with E-state index < -0.39 is 59.7 Å². The number of carboxylic acid groups (broad SMARTS) is 2. The fourth-order valence-corrected chi connectivity index (χ4v) is 2.67. The smallest absolute Gasteiger partial charge is 0.326 e. The zero-order valence-corrected chi connectivity index (χ0v) is 18.5. The molecule has 4 atom stereocenters. The third-order valence-electron chi connectivity index (χ3n) is 4.63. The fraction of sp³-hybridized carbons (Fsp3) is 0.684. The predicted octanol–water partition coefficient (Wildman–Crippen LogP) is -2.87. The molecule has 0 rings (SSSR count). The Morgan fingerprint density at radius 1 is 0.788 bits per heavy atom. The number of rotatable bonds is 17. The van der Waals surface area contributed by atoms with Gasteiger partial charge in [-0.25, -0.2) is 4.79 Å².